The van der Waals surface area contributed by atoms with E-state index >= 15 is 0 Å². The Hall–Kier alpha value is -2.02. The number of nitriles is 1. The van der Waals surface area contributed by atoms with E-state index in [1.807, 2.05) is 13.8 Å². The number of ether oxygens (including phenoxy) is 2. The molecule has 0 saturated heterocycles. The molecule has 1 atom stereocenters. The Morgan fingerprint density at radius 3 is 2.74 bits per heavy atom. The monoisotopic (exact) mass is 259 g/mol. The van der Waals surface area contributed by atoms with Crippen molar-refractivity contribution in [1.82, 2.24) is 0 Å². The predicted octanol–water partition coefficient (Wildman–Crippen LogP) is 3.07. The van der Waals surface area contributed by atoms with Gasteiger partial charge in [0.1, 0.15) is 17.1 Å². The lowest BCUT2D eigenvalue weighted by Gasteiger charge is -2.32. The fourth-order valence-electron chi connectivity index (χ4n) is 2.28. The fourth-order valence-corrected chi connectivity index (χ4v) is 2.28. The van der Waals surface area contributed by atoms with Gasteiger partial charge in [0.25, 0.3) is 0 Å². The van der Waals surface area contributed by atoms with Gasteiger partial charge in [-0.25, -0.2) is 0 Å². The highest BCUT2D eigenvalue weighted by molar-refractivity contribution is 6.00. The average Bonchev–Trinajstić information content (AvgIpc) is 2.35. The summed E-state index contributed by atoms with van der Waals surface area (Å²) in [5.74, 6) is 0.827. The van der Waals surface area contributed by atoms with E-state index in [1.54, 1.807) is 26.2 Å². The van der Waals surface area contributed by atoms with Gasteiger partial charge in [-0.3, -0.25) is 4.79 Å². The minimum atomic E-state index is -0.503. The van der Waals surface area contributed by atoms with Crippen molar-refractivity contribution in [2.24, 2.45) is 0 Å². The van der Waals surface area contributed by atoms with E-state index in [4.69, 9.17) is 14.7 Å². The molecule has 1 aliphatic heterocycles. The second kappa shape index (κ2) is 4.58. The standard InChI is InChI=1S/C15H17NO3/c1-9(8-16)10-5-11-12(17)7-15(2,3)19-14(11)6-13(10)18-4/h5-6,9H,7H2,1-4H3. The number of benzene rings is 1. The lowest BCUT2D eigenvalue weighted by Crippen LogP contribution is -2.36. The molecule has 1 heterocycles. The van der Waals surface area contributed by atoms with Crippen molar-refractivity contribution in [3.63, 3.8) is 0 Å². The number of rotatable bonds is 2. The lowest BCUT2D eigenvalue weighted by molar-refractivity contribution is 0.0618. The third kappa shape index (κ3) is 2.41. The highest BCUT2D eigenvalue weighted by Crippen LogP contribution is 2.39. The van der Waals surface area contributed by atoms with Crippen LogP contribution in [-0.2, 0) is 0 Å². The maximum absolute atomic E-state index is 12.2. The number of hydrogen-bond donors (Lipinski definition) is 0. The molecule has 4 heteroatoms. The van der Waals surface area contributed by atoms with Crippen molar-refractivity contribution >= 4 is 5.78 Å². The summed E-state index contributed by atoms with van der Waals surface area (Å²) in [4.78, 5) is 12.2. The molecule has 0 radical (unpaired) electrons. The number of carbonyl (C=O) groups is 1. The first kappa shape index (κ1) is 13.4. The van der Waals surface area contributed by atoms with Crippen LogP contribution in [0.15, 0.2) is 12.1 Å². The lowest BCUT2D eigenvalue weighted by atomic mass is 9.90. The minimum Gasteiger partial charge on any atom is -0.496 e. The van der Waals surface area contributed by atoms with Crippen molar-refractivity contribution < 1.29 is 14.3 Å². The van der Waals surface area contributed by atoms with Gasteiger partial charge < -0.3 is 9.47 Å². The summed E-state index contributed by atoms with van der Waals surface area (Å²) in [7, 11) is 1.55. The fraction of sp³-hybridized carbons (Fsp3) is 0.467. The van der Waals surface area contributed by atoms with Crippen molar-refractivity contribution in [3.05, 3.63) is 23.3 Å². The van der Waals surface area contributed by atoms with Crippen molar-refractivity contribution in [2.45, 2.75) is 38.7 Å². The van der Waals surface area contributed by atoms with Crippen LogP contribution in [0.2, 0.25) is 0 Å². The summed E-state index contributed by atoms with van der Waals surface area (Å²) < 4.78 is 11.1. The molecule has 0 spiro atoms. The number of fused-ring (bicyclic) bond motifs is 1. The van der Waals surface area contributed by atoms with Gasteiger partial charge in [0, 0.05) is 11.6 Å². The van der Waals surface area contributed by atoms with Crippen LogP contribution >= 0.6 is 0 Å². The van der Waals surface area contributed by atoms with E-state index in [0.717, 1.165) is 5.56 Å². The van der Waals surface area contributed by atoms with Gasteiger partial charge >= 0.3 is 0 Å². The normalized spacial score (nSPS) is 17.9. The first-order valence-corrected chi connectivity index (χ1v) is 6.21. The number of ketones is 1. The molecule has 2 rings (SSSR count). The zero-order valence-corrected chi connectivity index (χ0v) is 11.6. The summed E-state index contributed by atoms with van der Waals surface area (Å²) in [5, 5.41) is 9.04. The van der Waals surface area contributed by atoms with E-state index in [1.165, 1.54) is 0 Å². The Balaban J connectivity index is 2.58. The molecule has 100 valence electrons. The van der Waals surface area contributed by atoms with Gasteiger partial charge in [-0.15, -0.1) is 0 Å². The Labute approximate surface area is 112 Å². The van der Waals surface area contributed by atoms with Gasteiger partial charge in [0.2, 0.25) is 0 Å². The molecule has 0 N–H and O–H groups in total. The quantitative estimate of drug-likeness (QED) is 0.819. The molecule has 0 aromatic heterocycles. The first-order valence-electron chi connectivity index (χ1n) is 6.21. The first-order chi connectivity index (χ1) is 8.88. The Morgan fingerprint density at radius 1 is 1.47 bits per heavy atom. The average molecular weight is 259 g/mol. The van der Waals surface area contributed by atoms with Crippen molar-refractivity contribution in [1.29, 1.82) is 5.26 Å². The summed E-state index contributed by atoms with van der Waals surface area (Å²) in [6.07, 6.45) is 0.340. The molecule has 0 fully saturated rings. The van der Waals surface area contributed by atoms with Crippen LogP contribution in [0.25, 0.3) is 0 Å². The molecule has 1 aromatic carbocycles. The topological polar surface area (TPSA) is 59.3 Å². The molecule has 0 amide bonds. The molecular weight excluding hydrogens is 242 g/mol. The van der Waals surface area contributed by atoms with Crippen LogP contribution in [-0.4, -0.2) is 18.5 Å². The highest BCUT2D eigenvalue weighted by atomic mass is 16.5. The molecule has 0 bridgehead atoms. The van der Waals surface area contributed by atoms with Gasteiger partial charge in [0.05, 0.1) is 31.1 Å². The molecular formula is C15H17NO3. The maximum Gasteiger partial charge on any atom is 0.170 e. The smallest absolute Gasteiger partial charge is 0.170 e. The molecule has 1 unspecified atom stereocenters. The summed E-state index contributed by atoms with van der Waals surface area (Å²) >= 11 is 0. The number of methoxy groups -OCH3 is 1. The van der Waals surface area contributed by atoms with Crippen LogP contribution < -0.4 is 9.47 Å². The Kier molecular flexibility index (Phi) is 3.23. The van der Waals surface area contributed by atoms with Gasteiger partial charge in [0.15, 0.2) is 5.78 Å². The van der Waals surface area contributed by atoms with Crippen LogP contribution in [0.1, 0.15) is 49.0 Å². The summed E-state index contributed by atoms with van der Waals surface area (Å²) in [5.41, 5.74) is 0.759. The molecule has 0 saturated carbocycles. The maximum atomic E-state index is 12.2. The van der Waals surface area contributed by atoms with Crippen molar-refractivity contribution in [3.8, 4) is 17.6 Å². The number of nitrogens with zero attached hydrogens (tertiary/aromatic N) is 1. The van der Waals surface area contributed by atoms with E-state index in [9.17, 15) is 4.79 Å². The van der Waals surface area contributed by atoms with Crippen LogP contribution in [0.5, 0.6) is 11.5 Å². The Morgan fingerprint density at radius 2 is 2.16 bits per heavy atom. The van der Waals surface area contributed by atoms with Gasteiger partial charge in [-0.2, -0.15) is 5.26 Å². The minimum absolute atomic E-state index is 0.0419. The number of hydrogen-bond acceptors (Lipinski definition) is 4. The molecule has 0 aliphatic carbocycles. The second-order valence-corrected chi connectivity index (χ2v) is 5.40. The number of carbonyl (C=O) groups excluding carboxylic acids is 1. The zero-order chi connectivity index (χ0) is 14.2. The molecule has 1 aromatic rings. The number of Topliss-reactive ketones (excluding diaryl/α,β-unsaturated/α-hetero) is 1. The zero-order valence-electron chi connectivity index (χ0n) is 11.6. The molecule has 19 heavy (non-hydrogen) atoms. The van der Waals surface area contributed by atoms with Gasteiger partial charge in [-0.05, 0) is 26.8 Å². The third-order valence-corrected chi connectivity index (χ3v) is 3.27. The van der Waals surface area contributed by atoms with Crippen LogP contribution in [0.3, 0.4) is 0 Å². The largest absolute Gasteiger partial charge is 0.496 e. The third-order valence-electron chi connectivity index (χ3n) is 3.27. The van der Waals surface area contributed by atoms with E-state index < -0.39 is 5.60 Å². The molecule has 4 nitrogen and oxygen atoms in total. The summed E-state index contributed by atoms with van der Waals surface area (Å²) in [6, 6.07) is 5.59. The predicted molar refractivity (Wildman–Crippen MR) is 70.7 cm³/mol. The van der Waals surface area contributed by atoms with Crippen LogP contribution in [0, 0.1) is 11.3 Å². The summed E-state index contributed by atoms with van der Waals surface area (Å²) in [6.45, 7) is 5.54. The Bertz CT molecular complexity index is 569. The van der Waals surface area contributed by atoms with Gasteiger partial charge in [-0.1, -0.05) is 0 Å². The van der Waals surface area contributed by atoms with E-state index in [-0.39, 0.29) is 11.7 Å². The van der Waals surface area contributed by atoms with E-state index in [0.29, 0.717) is 23.5 Å². The second-order valence-electron chi connectivity index (χ2n) is 5.40. The molecule has 1 aliphatic rings. The highest BCUT2D eigenvalue weighted by Gasteiger charge is 2.33. The van der Waals surface area contributed by atoms with Crippen molar-refractivity contribution in [2.75, 3.05) is 7.11 Å². The van der Waals surface area contributed by atoms with Crippen LogP contribution in [0.4, 0.5) is 0 Å². The van der Waals surface area contributed by atoms with E-state index in [2.05, 4.69) is 6.07 Å². The SMILES string of the molecule is COc1cc2c(cc1C(C)C#N)C(=O)CC(C)(C)O2.